The minimum Gasteiger partial charge on any atom is -0.497 e. The molecule has 20 heavy (non-hydrogen) atoms. The van der Waals surface area contributed by atoms with Gasteiger partial charge in [-0.05, 0) is 17.7 Å². The molecule has 110 valence electrons. The molecule has 1 aliphatic heterocycles. The van der Waals surface area contributed by atoms with Gasteiger partial charge in [0.05, 0.1) is 14.2 Å². The van der Waals surface area contributed by atoms with Crippen LogP contribution in [0.15, 0.2) is 24.3 Å². The zero-order chi connectivity index (χ0) is 14.5. The first kappa shape index (κ1) is 14.8. The van der Waals surface area contributed by atoms with Crippen molar-refractivity contribution >= 4 is 5.97 Å². The summed E-state index contributed by atoms with van der Waals surface area (Å²) in [6, 6.07) is 6.58. The first-order valence-corrected chi connectivity index (χ1v) is 6.55. The second kappa shape index (κ2) is 6.69. The average molecular weight is 280 g/mol. The van der Waals surface area contributed by atoms with Crippen molar-refractivity contribution in [1.29, 1.82) is 0 Å². The van der Waals surface area contributed by atoms with Gasteiger partial charge in [0.1, 0.15) is 11.8 Å². The fourth-order valence-electron chi connectivity index (χ4n) is 2.47. The number of hydrogen-bond acceptors (Lipinski definition) is 5. The molecule has 0 radical (unpaired) electrons. The van der Waals surface area contributed by atoms with E-state index in [-0.39, 0.29) is 0 Å². The number of carboxylic acid groups (broad SMARTS) is 1. The number of hydroxylamine groups is 2. The molecule has 1 heterocycles. The van der Waals surface area contributed by atoms with Crippen molar-refractivity contribution in [3.8, 4) is 5.75 Å². The van der Waals surface area contributed by atoms with Crippen molar-refractivity contribution in [2.24, 2.45) is 0 Å². The number of ether oxygens (including phenoxy) is 1. The van der Waals surface area contributed by atoms with Gasteiger partial charge in [-0.15, -0.1) is 0 Å². The molecule has 1 unspecified atom stereocenters. The summed E-state index contributed by atoms with van der Waals surface area (Å²) < 4.78 is 5.17. The molecule has 1 aromatic rings. The van der Waals surface area contributed by atoms with Gasteiger partial charge in [-0.1, -0.05) is 12.1 Å². The van der Waals surface area contributed by atoms with Crippen molar-refractivity contribution in [1.82, 2.24) is 9.96 Å². The standard InChI is InChI=1S/C14H20N2O4/c1-19-12-5-3-4-11(10-12)13(14(17)18)15-6-8-16(20-2)9-7-15/h3-5,10,13H,6-9H2,1-2H3,(H,17,18). The van der Waals surface area contributed by atoms with Crippen LogP contribution in [-0.4, -0.2) is 61.4 Å². The van der Waals surface area contributed by atoms with Crippen molar-refractivity contribution in [2.75, 3.05) is 40.4 Å². The molecule has 0 bridgehead atoms. The normalized spacial score (nSPS) is 18.7. The van der Waals surface area contributed by atoms with Gasteiger partial charge in [0.2, 0.25) is 0 Å². The summed E-state index contributed by atoms with van der Waals surface area (Å²) in [5.41, 5.74) is 0.739. The Morgan fingerprint density at radius 3 is 2.50 bits per heavy atom. The molecule has 1 N–H and O–H groups in total. The topological polar surface area (TPSA) is 62.2 Å². The Balaban J connectivity index is 2.17. The average Bonchev–Trinajstić information content (AvgIpc) is 2.48. The lowest BCUT2D eigenvalue weighted by Crippen LogP contribution is -2.48. The molecule has 1 atom stereocenters. The zero-order valence-electron chi connectivity index (χ0n) is 11.8. The van der Waals surface area contributed by atoms with Crippen molar-refractivity contribution in [3.05, 3.63) is 29.8 Å². The smallest absolute Gasteiger partial charge is 0.325 e. The minimum absolute atomic E-state index is 0.649. The number of piperazine rings is 1. The molecule has 0 amide bonds. The van der Waals surface area contributed by atoms with Crippen LogP contribution in [0.3, 0.4) is 0 Å². The number of hydrogen-bond donors (Lipinski definition) is 1. The maximum Gasteiger partial charge on any atom is 0.325 e. The number of rotatable bonds is 5. The van der Waals surface area contributed by atoms with Gasteiger partial charge in [-0.3, -0.25) is 9.69 Å². The number of carbonyl (C=O) groups is 1. The fourth-order valence-corrected chi connectivity index (χ4v) is 2.47. The first-order chi connectivity index (χ1) is 9.65. The van der Waals surface area contributed by atoms with Crippen molar-refractivity contribution in [3.63, 3.8) is 0 Å². The summed E-state index contributed by atoms with van der Waals surface area (Å²) in [6.07, 6.45) is 0. The number of nitrogens with zero attached hydrogens (tertiary/aromatic N) is 2. The van der Waals surface area contributed by atoms with E-state index in [0.29, 0.717) is 31.9 Å². The van der Waals surface area contributed by atoms with E-state index in [4.69, 9.17) is 9.57 Å². The fraction of sp³-hybridized carbons (Fsp3) is 0.500. The Bertz CT molecular complexity index is 458. The summed E-state index contributed by atoms with van der Waals surface area (Å²) in [7, 11) is 3.21. The van der Waals surface area contributed by atoms with Crippen molar-refractivity contribution < 1.29 is 19.5 Å². The molecule has 6 nitrogen and oxygen atoms in total. The SMILES string of the molecule is COc1cccc(C(C(=O)O)N2CCN(OC)CC2)c1. The summed E-state index contributed by atoms with van der Waals surface area (Å²) in [5, 5.41) is 11.4. The molecule has 1 fully saturated rings. The monoisotopic (exact) mass is 280 g/mol. The van der Waals surface area contributed by atoms with E-state index in [1.54, 1.807) is 20.3 Å². The predicted octanol–water partition coefficient (Wildman–Crippen LogP) is 1.000. The highest BCUT2D eigenvalue weighted by Crippen LogP contribution is 2.25. The second-order valence-corrected chi connectivity index (χ2v) is 4.66. The van der Waals surface area contributed by atoms with Crippen LogP contribution in [0, 0.1) is 0 Å². The van der Waals surface area contributed by atoms with Gasteiger partial charge >= 0.3 is 5.97 Å². The molecule has 1 aliphatic rings. The quantitative estimate of drug-likeness (QED) is 0.868. The van der Waals surface area contributed by atoms with Crippen LogP contribution in [0.4, 0.5) is 0 Å². The number of aliphatic carboxylic acids is 1. The lowest BCUT2D eigenvalue weighted by Gasteiger charge is -2.36. The van der Waals surface area contributed by atoms with Gasteiger partial charge in [0.15, 0.2) is 0 Å². The summed E-state index contributed by atoms with van der Waals surface area (Å²) in [5.74, 6) is -0.173. The Morgan fingerprint density at radius 1 is 1.25 bits per heavy atom. The van der Waals surface area contributed by atoms with E-state index >= 15 is 0 Å². The van der Waals surface area contributed by atoms with E-state index in [1.807, 2.05) is 28.2 Å². The molecule has 0 saturated carbocycles. The van der Waals surface area contributed by atoms with Crippen LogP contribution in [0.1, 0.15) is 11.6 Å². The van der Waals surface area contributed by atoms with Gasteiger partial charge < -0.3 is 14.7 Å². The summed E-state index contributed by atoms with van der Waals surface area (Å²) >= 11 is 0. The molecule has 0 aromatic heterocycles. The Labute approximate surface area is 118 Å². The lowest BCUT2D eigenvalue weighted by molar-refractivity contribution is -0.163. The maximum absolute atomic E-state index is 11.6. The van der Waals surface area contributed by atoms with E-state index in [9.17, 15) is 9.90 Å². The van der Waals surface area contributed by atoms with E-state index < -0.39 is 12.0 Å². The van der Waals surface area contributed by atoms with Crippen LogP contribution in [0.25, 0.3) is 0 Å². The third-order valence-electron chi connectivity index (χ3n) is 3.54. The Kier molecular flexibility index (Phi) is 4.94. The van der Waals surface area contributed by atoms with Crippen LogP contribution >= 0.6 is 0 Å². The maximum atomic E-state index is 11.6. The number of carboxylic acids is 1. The van der Waals surface area contributed by atoms with Crippen molar-refractivity contribution in [2.45, 2.75) is 6.04 Å². The van der Waals surface area contributed by atoms with E-state index in [1.165, 1.54) is 0 Å². The third kappa shape index (κ3) is 3.27. The van der Waals surface area contributed by atoms with Gasteiger partial charge in [-0.2, -0.15) is 5.06 Å². The largest absolute Gasteiger partial charge is 0.497 e. The molecular weight excluding hydrogens is 260 g/mol. The highest BCUT2D eigenvalue weighted by Gasteiger charge is 2.30. The highest BCUT2D eigenvalue weighted by atomic mass is 16.7. The van der Waals surface area contributed by atoms with E-state index in [2.05, 4.69) is 0 Å². The molecule has 2 rings (SSSR count). The minimum atomic E-state index is -0.843. The van der Waals surface area contributed by atoms with Crippen LogP contribution in [-0.2, 0) is 9.63 Å². The predicted molar refractivity (Wildman–Crippen MR) is 73.5 cm³/mol. The molecule has 0 spiro atoms. The summed E-state index contributed by atoms with van der Waals surface area (Å²) in [6.45, 7) is 2.71. The highest BCUT2D eigenvalue weighted by molar-refractivity contribution is 5.75. The molecule has 1 aromatic carbocycles. The molecule has 1 saturated heterocycles. The van der Waals surface area contributed by atoms with Gasteiger partial charge in [-0.25, -0.2) is 0 Å². The van der Waals surface area contributed by atoms with Gasteiger partial charge in [0, 0.05) is 26.2 Å². The third-order valence-corrected chi connectivity index (χ3v) is 3.54. The second-order valence-electron chi connectivity index (χ2n) is 4.66. The first-order valence-electron chi connectivity index (χ1n) is 6.55. The van der Waals surface area contributed by atoms with Crippen LogP contribution < -0.4 is 4.74 Å². The summed E-state index contributed by atoms with van der Waals surface area (Å²) in [4.78, 5) is 18.7. The van der Waals surface area contributed by atoms with Gasteiger partial charge in [0.25, 0.3) is 0 Å². The zero-order valence-corrected chi connectivity index (χ0v) is 11.8. The van der Waals surface area contributed by atoms with Crippen LogP contribution in [0.2, 0.25) is 0 Å². The Morgan fingerprint density at radius 2 is 1.95 bits per heavy atom. The molecular formula is C14H20N2O4. The van der Waals surface area contributed by atoms with E-state index in [0.717, 1.165) is 5.56 Å². The molecule has 6 heteroatoms. The Hall–Kier alpha value is -1.63. The number of benzene rings is 1. The van der Waals surface area contributed by atoms with Crippen LogP contribution in [0.5, 0.6) is 5.75 Å². The number of methoxy groups -OCH3 is 1. The molecule has 0 aliphatic carbocycles. The lowest BCUT2D eigenvalue weighted by atomic mass is 10.0.